The SMILES string of the molecule is COc1ccc(-c2noc(CN(C)C(=O)C3CCCN(S(C)(=O)=O)C3)n2)c(OC)c1. The van der Waals surface area contributed by atoms with Crippen molar-refractivity contribution < 1.29 is 27.2 Å². The maximum absolute atomic E-state index is 12.8. The lowest BCUT2D eigenvalue weighted by Gasteiger charge is -2.32. The zero-order chi connectivity index (χ0) is 21.9. The molecule has 0 aliphatic carbocycles. The van der Waals surface area contributed by atoms with Gasteiger partial charge in [0.2, 0.25) is 27.6 Å². The molecule has 1 saturated heterocycles. The highest BCUT2D eigenvalue weighted by atomic mass is 32.2. The minimum Gasteiger partial charge on any atom is -0.497 e. The van der Waals surface area contributed by atoms with Crippen molar-refractivity contribution in [3.05, 3.63) is 24.1 Å². The van der Waals surface area contributed by atoms with Gasteiger partial charge in [0.25, 0.3) is 0 Å². The second kappa shape index (κ2) is 9.00. The van der Waals surface area contributed by atoms with Crippen molar-refractivity contribution in [2.24, 2.45) is 5.92 Å². The normalized spacial score (nSPS) is 17.5. The van der Waals surface area contributed by atoms with Crippen LogP contribution in [0.15, 0.2) is 22.7 Å². The number of ether oxygens (including phenoxy) is 2. The Kier molecular flexibility index (Phi) is 6.61. The number of methoxy groups -OCH3 is 2. The molecule has 0 bridgehead atoms. The van der Waals surface area contributed by atoms with Gasteiger partial charge in [-0.25, -0.2) is 12.7 Å². The van der Waals surface area contributed by atoms with Gasteiger partial charge in [-0.15, -0.1) is 0 Å². The molecule has 1 fully saturated rings. The zero-order valence-corrected chi connectivity index (χ0v) is 18.3. The summed E-state index contributed by atoms with van der Waals surface area (Å²) in [6.07, 6.45) is 2.46. The summed E-state index contributed by atoms with van der Waals surface area (Å²) in [6, 6.07) is 5.25. The summed E-state index contributed by atoms with van der Waals surface area (Å²) in [5.41, 5.74) is 0.637. The summed E-state index contributed by atoms with van der Waals surface area (Å²) < 4.78 is 40.8. The van der Waals surface area contributed by atoms with Crippen molar-refractivity contribution in [3.8, 4) is 22.9 Å². The minimum absolute atomic E-state index is 0.125. The summed E-state index contributed by atoms with van der Waals surface area (Å²) in [5.74, 6) is 1.25. The summed E-state index contributed by atoms with van der Waals surface area (Å²) in [4.78, 5) is 18.7. The number of hydrogen-bond acceptors (Lipinski definition) is 8. The van der Waals surface area contributed by atoms with E-state index in [4.69, 9.17) is 14.0 Å². The van der Waals surface area contributed by atoms with Crippen LogP contribution in [0.4, 0.5) is 0 Å². The van der Waals surface area contributed by atoms with Crippen molar-refractivity contribution in [3.63, 3.8) is 0 Å². The lowest BCUT2D eigenvalue weighted by atomic mass is 9.98. The number of nitrogens with zero attached hydrogens (tertiary/aromatic N) is 4. The fourth-order valence-corrected chi connectivity index (χ4v) is 4.36. The van der Waals surface area contributed by atoms with Crippen molar-refractivity contribution in [2.45, 2.75) is 19.4 Å². The van der Waals surface area contributed by atoms with Gasteiger partial charge in [0, 0.05) is 26.2 Å². The first kappa shape index (κ1) is 22.0. The smallest absolute Gasteiger partial charge is 0.246 e. The van der Waals surface area contributed by atoms with Crippen molar-refractivity contribution in [2.75, 3.05) is 40.6 Å². The number of piperidine rings is 1. The molecule has 30 heavy (non-hydrogen) atoms. The summed E-state index contributed by atoms with van der Waals surface area (Å²) in [6.45, 7) is 0.767. The van der Waals surface area contributed by atoms with Crippen LogP contribution >= 0.6 is 0 Å². The average molecular weight is 439 g/mol. The maximum Gasteiger partial charge on any atom is 0.246 e. The molecule has 2 aromatic rings. The van der Waals surface area contributed by atoms with E-state index in [0.717, 1.165) is 6.26 Å². The molecule has 1 aliphatic heterocycles. The molecule has 3 rings (SSSR count). The molecular formula is C19H26N4O6S. The van der Waals surface area contributed by atoms with E-state index in [2.05, 4.69) is 10.1 Å². The second-order valence-corrected chi connectivity index (χ2v) is 9.21. The van der Waals surface area contributed by atoms with E-state index in [0.29, 0.717) is 42.3 Å². The molecule has 0 N–H and O–H groups in total. The first-order valence-electron chi connectivity index (χ1n) is 9.48. The molecule has 0 spiro atoms. The zero-order valence-electron chi connectivity index (χ0n) is 17.5. The lowest BCUT2D eigenvalue weighted by molar-refractivity contribution is -0.136. The molecule has 2 heterocycles. The number of carbonyl (C=O) groups is 1. The highest BCUT2D eigenvalue weighted by molar-refractivity contribution is 7.88. The third kappa shape index (κ3) is 4.90. The molecule has 0 saturated carbocycles. The van der Waals surface area contributed by atoms with Crippen LogP contribution < -0.4 is 9.47 Å². The molecular weight excluding hydrogens is 412 g/mol. The van der Waals surface area contributed by atoms with Gasteiger partial charge in [-0.05, 0) is 25.0 Å². The number of carbonyl (C=O) groups excluding carboxylic acids is 1. The lowest BCUT2D eigenvalue weighted by Crippen LogP contribution is -2.45. The van der Waals surface area contributed by atoms with Gasteiger partial charge in [-0.1, -0.05) is 5.16 Å². The molecule has 1 aromatic carbocycles. The van der Waals surface area contributed by atoms with Crippen LogP contribution in [-0.2, 0) is 21.4 Å². The Labute approximate surface area is 175 Å². The van der Waals surface area contributed by atoms with Crippen LogP contribution in [0, 0.1) is 5.92 Å². The summed E-state index contributed by atoms with van der Waals surface area (Å²) in [5, 5.41) is 3.99. The third-order valence-corrected chi connectivity index (χ3v) is 6.34. The van der Waals surface area contributed by atoms with E-state index < -0.39 is 10.0 Å². The summed E-state index contributed by atoms with van der Waals surface area (Å²) >= 11 is 0. The second-order valence-electron chi connectivity index (χ2n) is 7.23. The van der Waals surface area contributed by atoms with E-state index in [1.165, 1.54) is 16.3 Å². The Morgan fingerprint density at radius 1 is 1.33 bits per heavy atom. The quantitative estimate of drug-likeness (QED) is 0.637. The van der Waals surface area contributed by atoms with Crippen LogP contribution in [-0.4, -0.2) is 74.3 Å². The third-order valence-electron chi connectivity index (χ3n) is 5.07. The van der Waals surface area contributed by atoms with E-state index in [1.54, 1.807) is 32.4 Å². The predicted molar refractivity (Wildman–Crippen MR) is 108 cm³/mol. The highest BCUT2D eigenvalue weighted by Gasteiger charge is 2.32. The molecule has 11 heteroatoms. The fraction of sp³-hybridized carbons (Fsp3) is 0.526. The van der Waals surface area contributed by atoms with Gasteiger partial charge >= 0.3 is 0 Å². The number of aromatic nitrogens is 2. The Hall–Kier alpha value is -2.66. The maximum atomic E-state index is 12.8. The van der Waals surface area contributed by atoms with Gasteiger partial charge in [0.1, 0.15) is 11.5 Å². The molecule has 10 nitrogen and oxygen atoms in total. The Morgan fingerprint density at radius 3 is 2.77 bits per heavy atom. The number of sulfonamides is 1. The first-order valence-corrected chi connectivity index (χ1v) is 11.3. The van der Waals surface area contributed by atoms with E-state index in [-0.39, 0.29) is 30.8 Å². The molecule has 1 unspecified atom stereocenters. The molecule has 1 aromatic heterocycles. The molecule has 1 atom stereocenters. The largest absolute Gasteiger partial charge is 0.497 e. The van der Waals surface area contributed by atoms with Gasteiger partial charge in [0.15, 0.2) is 0 Å². The Balaban J connectivity index is 1.69. The van der Waals surface area contributed by atoms with Crippen molar-refractivity contribution >= 4 is 15.9 Å². The average Bonchev–Trinajstić information content (AvgIpc) is 3.20. The molecule has 164 valence electrons. The van der Waals surface area contributed by atoms with Crippen molar-refractivity contribution in [1.29, 1.82) is 0 Å². The van der Waals surface area contributed by atoms with Crippen LogP contribution in [0.1, 0.15) is 18.7 Å². The first-order chi connectivity index (χ1) is 14.2. The van der Waals surface area contributed by atoms with Crippen LogP contribution in [0.5, 0.6) is 11.5 Å². The minimum atomic E-state index is -3.31. The van der Waals surface area contributed by atoms with E-state index in [9.17, 15) is 13.2 Å². The van der Waals surface area contributed by atoms with Gasteiger partial charge in [-0.2, -0.15) is 4.98 Å². The summed E-state index contributed by atoms with van der Waals surface area (Å²) in [7, 11) is 1.43. The Bertz CT molecular complexity index is 1010. The van der Waals surface area contributed by atoms with Gasteiger partial charge < -0.3 is 18.9 Å². The van der Waals surface area contributed by atoms with Gasteiger partial charge in [0.05, 0.1) is 38.5 Å². The predicted octanol–water partition coefficient (Wildman–Crippen LogP) is 1.38. The molecule has 0 radical (unpaired) electrons. The van der Waals surface area contributed by atoms with Crippen molar-refractivity contribution in [1.82, 2.24) is 19.3 Å². The van der Waals surface area contributed by atoms with Crippen LogP contribution in [0.25, 0.3) is 11.4 Å². The van der Waals surface area contributed by atoms with Crippen LogP contribution in [0.2, 0.25) is 0 Å². The number of amides is 1. The number of hydrogen-bond donors (Lipinski definition) is 0. The van der Waals surface area contributed by atoms with E-state index in [1.807, 2.05) is 0 Å². The fourth-order valence-electron chi connectivity index (χ4n) is 3.45. The van der Waals surface area contributed by atoms with Gasteiger partial charge in [-0.3, -0.25) is 4.79 Å². The standard InChI is InChI=1S/C19H26N4O6S/c1-22(19(24)13-6-5-9-23(11-13)30(4,25)26)12-17-20-18(21-29-17)15-8-7-14(27-2)10-16(15)28-3/h7-8,10,13H,5-6,9,11-12H2,1-4H3. The molecule has 1 amide bonds. The topological polar surface area (TPSA) is 115 Å². The number of rotatable bonds is 7. The van der Waals surface area contributed by atoms with Crippen LogP contribution in [0.3, 0.4) is 0 Å². The Morgan fingerprint density at radius 2 is 2.10 bits per heavy atom. The highest BCUT2D eigenvalue weighted by Crippen LogP contribution is 2.31. The van der Waals surface area contributed by atoms with E-state index >= 15 is 0 Å². The molecule has 1 aliphatic rings. The monoisotopic (exact) mass is 438 g/mol. The number of benzene rings is 1.